The van der Waals surface area contributed by atoms with Crippen LogP contribution < -0.4 is 5.32 Å². The van der Waals surface area contributed by atoms with Crippen LogP contribution in [-0.2, 0) is 13.6 Å². The molecular formula is C12H12Br2ClN3. The van der Waals surface area contributed by atoms with Crippen molar-refractivity contribution in [3.05, 3.63) is 43.6 Å². The van der Waals surface area contributed by atoms with Crippen molar-refractivity contribution in [2.45, 2.75) is 13.5 Å². The van der Waals surface area contributed by atoms with Crippen molar-refractivity contribution >= 4 is 49.1 Å². The summed E-state index contributed by atoms with van der Waals surface area (Å²) in [4.78, 5) is 0. The van der Waals surface area contributed by atoms with Gasteiger partial charge in [0.2, 0.25) is 0 Å². The predicted octanol–water partition coefficient (Wildman–Crippen LogP) is 4.52. The normalized spacial score (nSPS) is 10.7. The van der Waals surface area contributed by atoms with E-state index in [0.29, 0.717) is 11.6 Å². The predicted molar refractivity (Wildman–Crippen MR) is 82.1 cm³/mol. The summed E-state index contributed by atoms with van der Waals surface area (Å²) < 4.78 is 3.80. The zero-order valence-corrected chi connectivity index (χ0v) is 13.9. The zero-order valence-electron chi connectivity index (χ0n) is 9.97. The lowest BCUT2D eigenvalue weighted by atomic mass is 10.3. The second-order valence-corrected chi connectivity index (χ2v) is 6.01. The third kappa shape index (κ3) is 2.90. The van der Waals surface area contributed by atoms with Crippen LogP contribution in [0.15, 0.2) is 27.1 Å². The number of anilines is 1. The Morgan fingerprint density at radius 3 is 2.67 bits per heavy atom. The number of rotatable bonds is 3. The van der Waals surface area contributed by atoms with Crippen LogP contribution in [0.4, 0.5) is 5.69 Å². The highest BCUT2D eigenvalue weighted by Gasteiger charge is 2.10. The van der Waals surface area contributed by atoms with Gasteiger partial charge in [-0.3, -0.25) is 4.68 Å². The van der Waals surface area contributed by atoms with E-state index in [1.807, 2.05) is 36.9 Å². The molecular weight excluding hydrogens is 381 g/mol. The number of aromatic nitrogens is 2. The molecule has 1 aromatic heterocycles. The quantitative estimate of drug-likeness (QED) is 0.831. The molecule has 18 heavy (non-hydrogen) atoms. The van der Waals surface area contributed by atoms with Crippen LogP contribution in [0.2, 0.25) is 5.02 Å². The molecule has 0 aliphatic heterocycles. The second kappa shape index (κ2) is 5.63. The molecule has 0 aliphatic carbocycles. The monoisotopic (exact) mass is 391 g/mol. The average Bonchev–Trinajstić information content (AvgIpc) is 2.56. The molecule has 1 aromatic carbocycles. The van der Waals surface area contributed by atoms with Crippen molar-refractivity contribution in [3.8, 4) is 0 Å². The molecule has 0 unspecified atom stereocenters. The third-order valence-electron chi connectivity index (χ3n) is 2.64. The van der Waals surface area contributed by atoms with Crippen LogP contribution in [0.1, 0.15) is 11.4 Å². The van der Waals surface area contributed by atoms with Gasteiger partial charge >= 0.3 is 0 Å². The number of hydrogen-bond acceptors (Lipinski definition) is 2. The maximum atomic E-state index is 5.96. The highest BCUT2D eigenvalue weighted by Crippen LogP contribution is 2.26. The first-order chi connectivity index (χ1) is 8.49. The number of benzene rings is 1. The van der Waals surface area contributed by atoms with Crippen LogP contribution in [0, 0.1) is 6.92 Å². The molecule has 0 atom stereocenters. The van der Waals surface area contributed by atoms with Crippen LogP contribution in [0.5, 0.6) is 0 Å². The minimum absolute atomic E-state index is 0.700. The van der Waals surface area contributed by atoms with E-state index in [1.54, 1.807) is 0 Å². The number of aryl methyl sites for hydroxylation is 2. The van der Waals surface area contributed by atoms with Crippen LogP contribution in [-0.4, -0.2) is 9.78 Å². The van der Waals surface area contributed by atoms with Crippen molar-refractivity contribution in [2.75, 3.05) is 5.32 Å². The highest BCUT2D eigenvalue weighted by molar-refractivity contribution is 9.10. The van der Waals surface area contributed by atoms with Gasteiger partial charge in [-0.2, -0.15) is 5.10 Å². The standard InChI is InChI=1S/C12H12Br2ClN3/c1-7-12(14)11(18(2)17-7)6-16-8-3-4-10(15)9(13)5-8/h3-5,16H,6H2,1-2H3. The Balaban J connectivity index is 2.14. The van der Waals surface area contributed by atoms with Crippen LogP contribution in [0.3, 0.4) is 0 Å². The Labute approximate surface area is 128 Å². The van der Waals surface area contributed by atoms with Crippen LogP contribution >= 0.6 is 43.5 Å². The minimum Gasteiger partial charge on any atom is -0.379 e. The van der Waals surface area contributed by atoms with Crippen molar-refractivity contribution in [1.82, 2.24) is 9.78 Å². The van der Waals surface area contributed by atoms with Gasteiger partial charge in [0.15, 0.2) is 0 Å². The lowest BCUT2D eigenvalue weighted by molar-refractivity contribution is 0.712. The van der Waals surface area contributed by atoms with E-state index in [2.05, 4.69) is 42.3 Å². The van der Waals surface area contributed by atoms with Gasteiger partial charge in [0.05, 0.1) is 27.4 Å². The van der Waals surface area contributed by atoms with Gasteiger partial charge in [0.1, 0.15) is 0 Å². The number of nitrogens with one attached hydrogen (secondary N) is 1. The van der Waals surface area contributed by atoms with Gasteiger partial charge in [-0.25, -0.2) is 0 Å². The summed E-state index contributed by atoms with van der Waals surface area (Å²) in [7, 11) is 1.94. The lowest BCUT2D eigenvalue weighted by Gasteiger charge is -2.08. The first-order valence-electron chi connectivity index (χ1n) is 5.36. The van der Waals surface area contributed by atoms with Gasteiger partial charge in [0.25, 0.3) is 0 Å². The lowest BCUT2D eigenvalue weighted by Crippen LogP contribution is -2.06. The molecule has 0 amide bonds. The molecule has 96 valence electrons. The molecule has 3 nitrogen and oxygen atoms in total. The fraction of sp³-hybridized carbons (Fsp3) is 0.250. The van der Waals surface area contributed by atoms with E-state index >= 15 is 0 Å². The van der Waals surface area contributed by atoms with Crippen LogP contribution in [0.25, 0.3) is 0 Å². The fourth-order valence-electron chi connectivity index (χ4n) is 1.66. The zero-order chi connectivity index (χ0) is 13.3. The summed E-state index contributed by atoms with van der Waals surface area (Å²) in [6, 6.07) is 5.77. The molecule has 0 saturated heterocycles. The summed E-state index contributed by atoms with van der Waals surface area (Å²) in [5, 5.41) is 8.41. The first-order valence-corrected chi connectivity index (χ1v) is 7.32. The fourth-order valence-corrected chi connectivity index (χ4v) is 2.64. The Hall–Kier alpha value is -0.520. The molecule has 0 bridgehead atoms. The SMILES string of the molecule is Cc1nn(C)c(CNc2ccc(Cl)c(Br)c2)c1Br. The smallest absolute Gasteiger partial charge is 0.0739 e. The van der Waals surface area contributed by atoms with E-state index < -0.39 is 0 Å². The number of hydrogen-bond donors (Lipinski definition) is 1. The Morgan fingerprint density at radius 1 is 1.39 bits per heavy atom. The summed E-state index contributed by atoms with van der Waals surface area (Å²) in [5.41, 5.74) is 3.11. The summed E-state index contributed by atoms with van der Waals surface area (Å²) in [6.45, 7) is 2.68. The van der Waals surface area contributed by atoms with Crippen molar-refractivity contribution in [3.63, 3.8) is 0 Å². The van der Waals surface area contributed by atoms with E-state index in [-0.39, 0.29) is 0 Å². The minimum atomic E-state index is 0.700. The average molecular weight is 394 g/mol. The summed E-state index contributed by atoms with van der Waals surface area (Å²) in [5.74, 6) is 0. The Morgan fingerprint density at radius 2 is 2.11 bits per heavy atom. The number of halogens is 3. The van der Waals surface area contributed by atoms with Crippen molar-refractivity contribution in [2.24, 2.45) is 7.05 Å². The van der Waals surface area contributed by atoms with Gasteiger partial charge in [0, 0.05) is 17.2 Å². The van der Waals surface area contributed by atoms with Gasteiger partial charge in [-0.15, -0.1) is 0 Å². The van der Waals surface area contributed by atoms with Crippen molar-refractivity contribution in [1.29, 1.82) is 0 Å². The molecule has 0 saturated carbocycles. The maximum absolute atomic E-state index is 5.96. The van der Waals surface area contributed by atoms with Gasteiger partial charge in [-0.1, -0.05) is 11.6 Å². The van der Waals surface area contributed by atoms with E-state index in [1.165, 1.54) is 0 Å². The molecule has 1 heterocycles. The summed E-state index contributed by atoms with van der Waals surface area (Å²) in [6.07, 6.45) is 0. The topological polar surface area (TPSA) is 29.9 Å². The second-order valence-electron chi connectivity index (χ2n) is 3.95. The molecule has 2 aromatic rings. The highest BCUT2D eigenvalue weighted by atomic mass is 79.9. The van der Waals surface area contributed by atoms with E-state index in [9.17, 15) is 0 Å². The Kier molecular flexibility index (Phi) is 4.35. The maximum Gasteiger partial charge on any atom is 0.0739 e. The number of nitrogens with zero attached hydrogens (tertiary/aromatic N) is 2. The molecule has 0 fully saturated rings. The molecule has 0 spiro atoms. The molecule has 0 aliphatic rings. The van der Waals surface area contributed by atoms with Crippen molar-refractivity contribution < 1.29 is 0 Å². The molecule has 0 radical (unpaired) electrons. The third-order valence-corrected chi connectivity index (χ3v) is 4.89. The molecule has 6 heteroatoms. The summed E-state index contributed by atoms with van der Waals surface area (Å²) >= 11 is 12.9. The van der Waals surface area contributed by atoms with Gasteiger partial charge in [-0.05, 0) is 57.0 Å². The largest absolute Gasteiger partial charge is 0.379 e. The first kappa shape index (κ1) is 13.9. The molecule has 2 rings (SSSR count). The van der Waals surface area contributed by atoms with E-state index in [4.69, 9.17) is 11.6 Å². The molecule has 1 N–H and O–H groups in total. The van der Waals surface area contributed by atoms with Gasteiger partial charge < -0.3 is 5.32 Å². The Bertz CT molecular complexity index is 581. The van der Waals surface area contributed by atoms with E-state index in [0.717, 1.165) is 26.0 Å².